The zero-order chi connectivity index (χ0) is 19.6. The molecule has 0 bridgehead atoms. The van der Waals surface area contributed by atoms with E-state index >= 15 is 0 Å². The van der Waals surface area contributed by atoms with Crippen molar-refractivity contribution in [2.75, 3.05) is 0 Å². The van der Waals surface area contributed by atoms with Gasteiger partial charge in [0.15, 0.2) is 0 Å². The Morgan fingerprint density at radius 2 is 1.67 bits per heavy atom. The third-order valence-corrected chi connectivity index (χ3v) is 5.12. The standard InChI is InChI=1S/C21H19NO4S/c1-21(2,3)20(23)26-17-13-12-14-8-4-5-9-15(14)19(17)27-18-11-7-6-10-16(18)22(24)25/h4-13H,1-3H3. The SMILES string of the molecule is CC(C)(C)C(=O)Oc1ccc2ccccc2c1Sc1ccccc1[N+](=O)[O-]. The van der Waals surface area contributed by atoms with Gasteiger partial charge in [0.05, 0.1) is 20.1 Å². The van der Waals surface area contributed by atoms with Crippen LogP contribution >= 0.6 is 11.8 Å². The minimum absolute atomic E-state index is 0.0172. The van der Waals surface area contributed by atoms with Gasteiger partial charge in [-0.25, -0.2) is 0 Å². The third-order valence-electron chi connectivity index (χ3n) is 3.93. The Labute approximate surface area is 161 Å². The average Bonchev–Trinajstić information content (AvgIpc) is 2.63. The first-order valence-electron chi connectivity index (χ1n) is 8.42. The second kappa shape index (κ2) is 7.40. The predicted octanol–water partition coefficient (Wildman–Crippen LogP) is 5.85. The van der Waals surface area contributed by atoms with Gasteiger partial charge in [-0.05, 0) is 43.7 Å². The van der Waals surface area contributed by atoms with Gasteiger partial charge in [-0.15, -0.1) is 0 Å². The number of carbonyl (C=O) groups is 1. The fourth-order valence-corrected chi connectivity index (χ4v) is 3.59. The Kier molecular flexibility index (Phi) is 5.19. The summed E-state index contributed by atoms with van der Waals surface area (Å²) in [6.07, 6.45) is 0. The molecule has 3 aromatic carbocycles. The highest BCUT2D eigenvalue weighted by Gasteiger charge is 2.26. The van der Waals surface area contributed by atoms with E-state index in [4.69, 9.17) is 4.74 Å². The van der Waals surface area contributed by atoms with Gasteiger partial charge in [-0.2, -0.15) is 0 Å². The van der Waals surface area contributed by atoms with Crippen LogP contribution in [0.15, 0.2) is 70.5 Å². The van der Waals surface area contributed by atoms with Crippen LogP contribution in [-0.2, 0) is 4.79 Å². The van der Waals surface area contributed by atoms with Crippen molar-refractivity contribution in [1.82, 2.24) is 0 Å². The lowest BCUT2D eigenvalue weighted by atomic mass is 9.97. The van der Waals surface area contributed by atoms with Gasteiger partial charge >= 0.3 is 5.97 Å². The van der Waals surface area contributed by atoms with Crippen LogP contribution in [0.25, 0.3) is 10.8 Å². The van der Waals surface area contributed by atoms with Gasteiger partial charge in [0.2, 0.25) is 0 Å². The first kappa shape index (κ1) is 18.9. The molecule has 0 aliphatic heterocycles. The minimum atomic E-state index is -0.660. The number of fused-ring (bicyclic) bond motifs is 1. The molecule has 0 aliphatic carbocycles. The molecule has 5 nitrogen and oxygen atoms in total. The largest absolute Gasteiger partial charge is 0.425 e. The van der Waals surface area contributed by atoms with Gasteiger partial charge in [0, 0.05) is 6.07 Å². The number of nitro groups is 1. The third kappa shape index (κ3) is 4.11. The number of nitro benzene ring substituents is 1. The number of hydrogen-bond acceptors (Lipinski definition) is 5. The van der Waals surface area contributed by atoms with Crippen molar-refractivity contribution >= 4 is 34.2 Å². The van der Waals surface area contributed by atoms with Crippen molar-refractivity contribution in [2.24, 2.45) is 5.41 Å². The smallest absolute Gasteiger partial charge is 0.316 e. The number of hydrogen-bond donors (Lipinski definition) is 0. The molecule has 0 N–H and O–H groups in total. The van der Waals surface area contributed by atoms with E-state index in [2.05, 4.69) is 0 Å². The normalized spacial score (nSPS) is 11.4. The van der Waals surface area contributed by atoms with Crippen LogP contribution in [0.4, 0.5) is 5.69 Å². The van der Waals surface area contributed by atoms with E-state index < -0.39 is 10.3 Å². The molecule has 0 atom stereocenters. The van der Waals surface area contributed by atoms with Crippen molar-refractivity contribution in [1.29, 1.82) is 0 Å². The molecular formula is C21H19NO4S. The van der Waals surface area contributed by atoms with Crippen LogP contribution in [0.2, 0.25) is 0 Å². The zero-order valence-electron chi connectivity index (χ0n) is 15.3. The van der Waals surface area contributed by atoms with E-state index in [1.807, 2.05) is 30.3 Å². The molecule has 0 fully saturated rings. The summed E-state index contributed by atoms with van der Waals surface area (Å²) in [5, 5.41) is 13.2. The first-order valence-corrected chi connectivity index (χ1v) is 9.24. The Morgan fingerprint density at radius 1 is 1.00 bits per heavy atom. The lowest BCUT2D eigenvalue weighted by Crippen LogP contribution is -2.25. The summed E-state index contributed by atoms with van der Waals surface area (Å²) < 4.78 is 5.66. The average molecular weight is 381 g/mol. The van der Waals surface area contributed by atoms with Crippen LogP contribution < -0.4 is 4.74 Å². The number of nitrogens with zero attached hydrogens (tertiary/aromatic N) is 1. The number of esters is 1. The highest BCUT2D eigenvalue weighted by molar-refractivity contribution is 7.99. The highest BCUT2D eigenvalue weighted by atomic mass is 32.2. The van der Waals surface area contributed by atoms with Gasteiger partial charge in [-0.1, -0.05) is 54.2 Å². The van der Waals surface area contributed by atoms with E-state index in [1.165, 1.54) is 17.8 Å². The van der Waals surface area contributed by atoms with Crippen LogP contribution in [0, 0.1) is 15.5 Å². The summed E-state index contributed by atoms with van der Waals surface area (Å²) in [7, 11) is 0. The molecule has 6 heteroatoms. The number of para-hydroxylation sites is 1. The number of benzene rings is 3. The molecule has 0 spiro atoms. The fourth-order valence-electron chi connectivity index (χ4n) is 2.47. The van der Waals surface area contributed by atoms with E-state index in [0.29, 0.717) is 15.5 Å². The summed E-state index contributed by atoms with van der Waals surface area (Å²) in [5.41, 5.74) is -0.643. The number of rotatable bonds is 4. The summed E-state index contributed by atoms with van der Waals surface area (Å²) in [6.45, 7) is 5.35. The van der Waals surface area contributed by atoms with Gasteiger partial charge in [0.1, 0.15) is 5.75 Å². The Balaban J connectivity index is 2.13. The van der Waals surface area contributed by atoms with Crippen LogP contribution in [0.3, 0.4) is 0 Å². The predicted molar refractivity (Wildman–Crippen MR) is 106 cm³/mol. The monoisotopic (exact) mass is 381 g/mol. The lowest BCUT2D eigenvalue weighted by Gasteiger charge is -2.19. The maximum Gasteiger partial charge on any atom is 0.316 e. The molecule has 3 aromatic rings. The molecule has 0 radical (unpaired) electrons. The molecular weight excluding hydrogens is 362 g/mol. The van der Waals surface area contributed by atoms with E-state index in [9.17, 15) is 14.9 Å². The molecule has 0 aliphatic rings. The molecule has 138 valence electrons. The molecule has 0 unspecified atom stereocenters. The van der Waals surface area contributed by atoms with Crippen molar-refractivity contribution in [2.45, 2.75) is 30.6 Å². The maximum atomic E-state index is 12.4. The summed E-state index contributed by atoms with van der Waals surface area (Å²) >= 11 is 1.23. The van der Waals surface area contributed by atoms with Crippen LogP contribution in [-0.4, -0.2) is 10.9 Å². The molecule has 0 saturated carbocycles. The quantitative estimate of drug-likeness (QED) is 0.245. The van der Waals surface area contributed by atoms with Crippen molar-refractivity contribution in [3.8, 4) is 5.75 Å². The van der Waals surface area contributed by atoms with E-state index in [0.717, 1.165) is 10.8 Å². The first-order chi connectivity index (χ1) is 12.8. The fraction of sp³-hybridized carbons (Fsp3) is 0.190. The second-order valence-electron chi connectivity index (χ2n) is 7.08. The lowest BCUT2D eigenvalue weighted by molar-refractivity contribution is -0.387. The van der Waals surface area contributed by atoms with Gasteiger partial charge < -0.3 is 4.74 Å². The second-order valence-corrected chi connectivity index (χ2v) is 8.13. The van der Waals surface area contributed by atoms with E-state index in [-0.39, 0.29) is 11.7 Å². The Bertz CT molecular complexity index is 1020. The minimum Gasteiger partial charge on any atom is -0.425 e. The molecule has 0 aromatic heterocycles. The molecule has 0 saturated heterocycles. The maximum absolute atomic E-state index is 12.4. The summed E-state index contributed by atoms with van der Waals surface area (Å²) in [5.74, 6) is 0.0407. The molecule has 3 rings (SSSR count). The highest BCUT2D eigenvalue weighted by Crippen LogP contribution is 2.43. The summed E-state index contributed by atoms with van der Waals surface area (Å²) in [4.78, 5) is 24.6. The zero-order valence-corrected chi connectivity index (χ0v) is 16.1. The Hall–Kier alpha value is -2.86. The van der Waals surface area contributed by atoms with Crippen molar-refractivity contribution in [3.63, 3.8) is 0 Å². The van der Waals surface area contributed by atoms with Crippen LogP contribution in [0.1, 0.15) is 20.8 Å². The Morgan fingerprint density at radius 3 is 2.37 bits per heavy atom. The summed E-state index contributed by atoms with van der Waals surface area (Å²) in [6, 6.07) is 17.8. The van der Waals surface area contributed by atoms with E-state index in [1.54, 1.807) is 45.0 Å². The molecule has 0 heterocycles. The van der Waals surface area contributed by atoms with Gasteiger partial charge in [0.25, 0.3) is 5.69 Å². The van der Waals surface area contributed by atoms with Crippen molar-refractivity contribution in [3.05, 3.63) is 70.8 Å². The number of carbonyl (C=O) groups excluding carboxylic acids is 1. The van der Waals surface area contributed by atoms with Crippen LogP contribution in [0.5, 0.6) is 5.75 Å². The number of ether oxygens (including phenoxy) is 1. The molecule has 0 amide bonds. The molecule has 27 heavy (non-hydrogen) atoms. The topological polar surface area (TPSA) is 69.4 Å². The van der Waals surface area contributed by atoms with Crippen molar-refractivity contribution < 1.29 is 14.5 Å². The van der Waals surface area contributed by atoms with Gasteiger partial charge in [-0.3, -0.25) is 14.9 Å².